The van der Waals surface area contributed by atoms with Crippen LogP contribution >= 0.6 is 0 Å². The number of allylic oxidation sites excluding steroid dienone is 5. The van der Waals surface area contributed by atoms with Gasteiger partial charge in [0.1, 0.15) is 0 Å². The summed E-state index contributed by atoms with van der Waals surface area (Å²) in [7, 11) is 0. The zero-order valence-corrected chi connectivity index (χ0v) is 17.0. The van der Waals surface area contributed by atoms with Crippen LogP contribution in [0.15, 0.2) is 35.5 Å². The third-order valence-corrected chi connectivity index (χ3v) is 7.93. The molecule has 0 radical (unpaired) electrons. The monoisotopic (exact) mass is 402 g/mol. The first-order valence-electron chi connectivity index (χ1n) is 10.2. The largest absolute Gasteiger partial charge is 0.457 e. The van der Waals surface area contributed by atoms with Crippen LogP contribution < -0.4 is 0 Å². The Morgan fingerprint density at radius 1 is 1.31 bits per heavy atom. The Morgan fingerprint density at radius 2 is 2.03 bits per heavy atom. The van der Waals surface area contributed by atoms with Crippen LogP contribution in [-0.2, 0) is 19.1 Å². The van der Waals surface area contributed by atoms with E-state index < -0.39 is 34.5 Å². The predicted octanol–water partition coefficient (Wildman–Crippen LogP) is 3.03. The average Bonchev–Trinajstić information content (AvgIpc) is 2.98. The van der Waals surface area contributed by atoms with Gasteiger partial charge < -0.3 is 9.84 Å². The molecule has 0 heterocycles. The Morgan fingerprint density at radius 3 is 2.72 bits per heavy atom. The number of hydrogen-bond donors (Lipinski definition) is 1. The molecular formula is C23H27FO5. The topological polar surface area (TPSA) is 80.7 Å². The van der Waals surface area contributed by atoms with Crippen molar-refractivity contribution in [3.63, 3.8) is 0 Å². The maximum Gasteiger partial charge on any atom is 0.303 e. The van der Waals surface area contributed by atoms with Crippen LogP contribution in [0.4, 0.5) is 4.39 Å². The maximum atomic E-state index is 16.8. The summed E-state index contributed by atoms with van der Waals surface area (Å²) in [5.41, 5.74) is -2.33. The number of carbonyl (C=O) groups is 3. The van der Waals surface area contributed by atoms with Crippen molar-refractivity contribution >= 4 is 17.5 Å². The van der Waals surface area contributed by atoms with E-state index in [9.17, 15) is 19.5 Å². The number of alkyl halides is 1. The smallest absolute Gasteiger partial charge is 0.303 e. The Labute approximate surface area is 169 Å². The Balaban J connectivity index is 1.68. The van der Waals surface area contributed by atoms with Crippen molar-refractivity contribution < 1.29 is 28.6 Å². The van der Waals surface area contributed by atoms with E-state index >= 15 is 4.39 Å². The van der Waals surface area contributed by atoms with Crippen LogP contribution in [0, 0.1) is 22.7 Å². The zero-order chi connectivity index (χ0) is 21.2. The fourth-order valence-electron chi connectivity index (χ4n) is 6.46. The van der Waals surface area contributed by atoms with E-state index in [0.29, 0.717) is 24.8 Å². The van der Waals surface area contributed by atoms with Crippen molar-refractivity contribution in [1.82, 2.24) is 0 Å². The highest BCUT2D eigenvalue weighted by molar-refractivity contribution is 6.01. The minimum absolute atomic E-state index is 0.118. The summed E-state index contributed by atoms with van der Waals surface area (Å²) < 4.78 is 21.7. The Hall–Kier alpha value is -2.08. The predicted molar refractivity (Wildman–Crippen MR) is 103 cm³/mol. The lowest BCUT2D eigenvalue weighted by molar-refractivity contribution is -0.185. The van der Waals surface area contributed by atoms with Gasteiger partial charge in [0.05, 0.1) is 6.10 Å². The molecule has 6 atom stereocenters. The van der Waals surface area contributed by atoms with E-state index in [4.69, 9.17) is 4.74 Å². The first-order valence-corrected chi connectivity index (χ1v) is 10.2. The number of hydrogen-bond acceptors (Lipinski definition) is 5. The molecule has 0 aromatic carbocycles. The third kappa shape index (κ3) is 2.64. The molecule has 4 rings (SSSR count). The number of halogens is 1. The molecule has 0 bridgehead atoms. The molecule has 2 saturated carbocycles. The van der Waals surface area contributed by atoms with E-state index in [-0.39, 0.29) is 30.5 Å². The number of carbonyl (C=O) groups excluding carboxylic acids is 3. The van der Waals surface area contributed by atoms with Crippen LogP contribution in [-0.4, -0.2) is 41.0 Å². The second-order valence-electron chi connectivity index (χ2n) is 9.32. The van der Waals surface area contributed by atoms with E-state index in [1.165, 1.54) is 19.1 Å². The van der Waals surface area contributed by atoms with Crippen LogP contribution in [0.5, 0.6) is 0 Å². The molecule has 4 aliphatic rings. The van der Waals surface area contributed by atoms with Crippen LogP contribution in [0.2, 0.25) is 0 Å². The van der Waals surface area contributed by atoms with Gasteiger partial charge in [-0.15, -0.1) is 0 Å². The highest BCUT2D eigenvalue weighted by Gasteiger charge is 2.69. The van der Waals surface area contributed by atoms with E-state index in [1.807, 2.05) is 13.0 Å². The molecule has 156 valence electrons. The second kappa shape index (κ2) is 6.46. The zero-order valence-electron chi connectivity index (χ0n) is 17.0. The second-order valence-corrected chi connectivity index (χ2v) is 9.32. The van der Waals surface area contributed by atoms with Crippen LogP contribution in [0.25, 0.3) is 0 Å². The first-order chi connectivity index (χ1) is 13.5. The van der Waals surface area contributed by atoms with E-state index in [2.05, 4.69) is 0 Å². The molecule has 5 nitrogen and oxygen atoms in total. The SMILES string of the molecule is CC(=O)OCC(=O)C1=CC[C@H]2[C@H]3CCC4=CC(=O)C=C[C@]4(C)[C@@]3(F)[C@H](O)C[C@]12C. The number of aliphatic hydroxyl groups excluding tert-OH is 1. The summed E-state index contributed by atoms with van der Waals surface area (Å²) in [6.45, 7) is 4.60. The number of ketones is 2. The molecule has 0 amide bonds. The van der Waals surface area contributed by atoms with Gasteiger partial charge in [0, 0.05) is 29.2 Å². The minimum atomic E-state index is -1.90. The molecule has 0 aromatic rings. The minimum Gasteiger partial charge on any atom is -0.457 e. The molecular weight excluding hydrogens is 375 g/mol. The van der Waals surface area contributed by atoms with Gasteiger partial charge in [-0.3, -0.25) is 14.4 Å². The lowest BCUT2D eigenvalue weighted by Gasteiger charge is -2.61. The molecule has 4 aliphatic carbocycles. The molecule has 6 heteroatoms. The fourth-order valence-corrected chi connectivity index (χ4v) is 6.46. The fraction of sp³-hybridized carbons (Fsp3) is 0.609. The van der Waals surface area contributed by atoms with Crippen molar-refractivity contribution in [2.24, 2.45) is 22.7 Å². The number of esters is 1. The van der Waals surface area contributed by atoms with Crippen molar-refractivity contribution in [1.29, 1.82) is 0 Å². The summed E-state index contributed by atoms with van der Waals surface area (Å²) in [6, 6.07) is 0. The number of aliphatic hydroxyl groups is 1. The van der Waals surface area contributed by atoms with Gasteiger partial charge in [-0.1, -0.05) is 24.6 Å². The summed E-state index contributed by atoms with van der Waals surface area (Å²) >= 11 is 0. The van der Waals surface area contributed by atoms with Gasteiger partial charge in [0.25, 0.3) is 0 Å². The van der Waals surface area contributed by atoms with Gasteiger partial charge >= 0.3 is 5.97 Å². The Kier molecular flexibility index (Phi) is 4.50. The summed E-state index contributed by atoms with van der Waals surface area (Å²) in [5, 5.41) is 11.1. The molecule has 0 spiro atoms. The van der Waals surface area contributed by atoms with Gasteiger partial charge in [0.15, 0.2) is 23.8 Å². The molecule has 0 saturated heterocycles. The average molecular weight is 402 g/mol. The highest BCUT2D eigenvalue weighted by Crippen LogP contribution is 2.67. The molecule has 0 unspecified atom stereocenters. The summed E-state index contributed by atoms with van der Waals surface area (Å²) in [4.78, 5) is 35.6. The van der Waals surface area contributed by atoms with Crippen molar-refractivity contribution in [2.45, 2.75) is 58.2 Å². The molecule has 0 aromatic heterocycles. The van der Waals surface area contributed by atoms with Gasteiger partial charge in [-0.2, -0.15) is 0 Å². The molecule has 0 aliphatic heterocycles. The van der Waals surface area contributed by atoms with Gasteiger partial charge in [-0.05, 0) is 50.7 Å². The van der Waals surface area contributed by atoms with Crippen molar-refractivity contribution in [2.75, 3.05) is 6.61 Å². The lowest BCUT2D eigenvalue weighted by atomic mass is 9.45. The maximum absolute atomic E-state index is 16.8. The van der Waals surface area contributed by atoms with Crippen molar-refractivity contribution in [3.8, 4) is 0 Å². The highest BCUT2D eigenvalue weighted by atomic mass is 19.1. The first kappa shape index (κ1) is 20.2. The van der Waals surface area contributed by atoms with Crippen LogP contribution in [0.1, 0.15) is 46.5 Å². The summed E-state index contributed by atoms with van der Waals surface area (Å²) in [5.74, 6) is -1.52. The van der Waals surface area contributed by atoms with E-state index in [0.717, 1.165) is 5.57 Å². The number of ether oxygens (including phenoxy) is 1. The summed E-state index contributed by atoms with van der Waals surface area (Å²) in [6.07, 6.45) is 6.89. The van der Waals surface area contributed by atoms with Crippen molar-refractivity contribution in [3.05, 3.63) is 35.5 Å². The third-order valence-electron chi connectivity index (χ3n) is 7.93. The Bertz CT molecular complexity index is 886. The number of Topliss-reactive ketones (excluding diaryl/α,β-unsaturated/α-hetero) is 1. The van der Waals surface area contributed by atoms with Gasteiger partial charge in [0.2, 0.25) is 0 Å². The number of fused-ring (bicyclic) bond motifs is 5. The molecule has 2 fully saturated rings. The van der Waals surface area contributed by atoms with Gasteiger partial charge in [-0.25, -0.2) is 4.39 Å². The lowest BCUT2D eigenvalue weighted by Crippen LogP contribution is -2.66. The molecule has 29 heavy (non-hydrogen) atoms. The van der Waals surface area contributed by atoms with Crippen LogP contribution in [0.3, 0.4) is 0 Å². The molecule has 1 N–H and O–H groups in total. The number of rotatable bonds is 3. The quantitative estimate of drug-likeness (QED) is 0.734. The van der Waals surface area contributed by atoms with E-state index in [1.54, 1.807) is 13.0 Å². The normalized spacial score (nSPS) is 42.9. The standard InChI is InChI=1S/C23H27FO5/c1-13(25)29-12-19(27)18-7-6-16-17-5-4-14-10-15(26)8-9-22(14,3)23(17,24)20(28)11-21(16,18)2/h7-10,16-17,20,28H,4-6,11-12H2,1-3H3/t16-,17+,20+,21-,22-,23-/m0/s1.